The van der Waals surface area contributed by atoms with Gasteiger partial charge in [-0.1, -0.05) is 58.1 Å². The second kappa shape index (κ2) is 22.3. The molecule has 7 N–H and O–H groups in total. The molecular weight excluding hydrogens is 596 g/mol. The number of hydrogen-bond donors (Lipinski definition) is 7. The van der Waals surface area contributed by atoms with Gasteiger partial charge in [0.1, 0.15) is 54.9 Å². The first kappa shape index (κ1) is 39.9. The van der Waals surface area contributed by atoms with E-state index in [0.29, 0.717) is 6.61 Å². The minimum atomic E-state index is -1.70. The van der Waals surface area contributed by atoms with Crippen LogP contribution in [0, 0.1) is 0 Å². The van der Waals surface area contributed by atoms with E-state index in [-0.39, 0.29) is 19.6 Å². The fraction of sp³-hybridized carbons (Fsp3) is 0.903. The number of rotatable bonds is 22. The van der Waals surface area contributed by atoms with Crippen LogP contribution in [0.2, 0.25) is 0 Å². The number of aliphatic hydroxyl groups is 7. The molecule has 0 saturated carbocycles. The molecule has 2 rings (SSSR count). The van der Waals surface area contributed by atoms with Crippen molar-refractivity contribution in [3.8, 4) is 0 Å². The fourth-order valence-electron chi connectivity index (χ4n) is 4.96. The van der Waals surface area contributed by atoms with E-state index in [9.17, 15) is 40.5 Å². The molecule has 0 aromatic carbocycles. The summed E-state index contributed by atoms with van der Waals surface area (Å²) in [7, 11) is 0. The molecule has 2 fully saturated rings. The highest BCUT2D eigenvalue weighted by molar-refractivity contribution is 5.69. The highest BCUT2D eigenvalue weighted by Gasteiger charge is 2.47. The molecular formula is C31H56O14. The largest absolute Gasteiger partial charge is 0.457 e. The topological polar surface area (TPSA) is 214 Å². The monoisotopic (exact) mass is 652 g/mol. The quantitative estimate of drug-likeness (QED) is 0.0468. The van der Waals surface area contributed by atoms with Crippen molar-refractivity contribution in [3.05, 3.63) is 12.2 Å². The molecule has 0 bridgehead atoms. The molecule has 2 heterocycles. The second-order valence-electron chi connectivity index (χ2n) is 11.6. The third-order valence-electron chi connectivity index (χ3n) is 7.81. The summed E-state index contributed by atoms with van der Waals surface area (Å²) in [6, 6.07) is 0. The lowest BCUT2D eigenvalue weighted by molar-refractivity contribution is -0.332. The lowest BCUT2D eigenvalue weighted by Gasteiger charge is -2.42. The summed E-state index contributed by atoms with van der Waals surface area (Å²) >= 11 is 0. The van der Waals surface area contributed by atoms with E-state index >= 15 is 0 Å². The minimum Gasteiger partial charge on any atom is -0.457 e. The average Bonchev–Trinajstić information content (AvgIpc) is 3.04. The minimum absolute atomic E-state index is 0.0491. The zero-order valence-corrected chi connectivity index (χ0v) is 26.6. The number of carbonyl (C=O) groups is 1. The summed E-state index contributed by atoms with van der Waals surface area (Å²) < 4.78 is 33.1. The van der Waals surface area contributed by atoms with E-state index in [1.54, 1.807) is 6.92 Å². The lowest BCUT2D eigenvalue weighted by Crippen LogP contribution is -2.61. The Kier molecular flexibility index (Phi) is 19.8. The van der Waals surface area contributed by atoms with Gasteiger partial charge in [0, 0.05) is 13.0 Å². The van der Waals surface area contributed by atoms with Gasteiger partial charge in [0.15, 0.2) is 12.6 Å². The summed E-state index contributed by atoms with van der Waals surface area (Å²) in [5.74, 6) is -0.469. The van der Waals surface area contributed by atoms with Gasteiger partial charge < -0.3 is 64.2 Å². The predicted octanol–water partition coefficient (Wildman–Crippen LogP) is 0.0525. The maximum absolute atomic E-state index is 12.0. The number of aliphatic hydroxyl groups excluding tert-OH is 7. The summed E-state index contributed by atoms with van der Waals surface area (Å²) in [5, 5.41) is 70.7. The molecule has 14 heteroatoms. The molecule has 45 heavy (non-hydrogen) atoms. The Morgan fingerprint density at radius 2 is 1.29 bits per heavy atom. The zero-order valence-electron chi connectivity index (χ0n) is 26.6. The molecule has 0 aromatic rings. The summed E-state index contributed by atoms with van der Waals surface area (Å²) in [4.78, 5) is 12.0. The normalized spacial score (nSPS) is 33.0. The van der Waals surface area contributed by atoms with Crippen molar-refractivity contribution in [3.63, 3.8) is 0 Å². The van der Waals surface area contributed by atoms with Crippen molar-refractivity contribution in [2.75, 3.05) is 33.0 Å². The van der Waals surface area contributed by atoms with Gasteiger partial charge in [-0.3, -0.25) is 4.79 Å². The second-order valence-corrected chi connectivity index (χ2v) is 11.6. The predicted molar refractivity (Wildman–Crippen MR) is 160 cm³/mol. The molecule has 0 aliphatic carbocycles. The van der Waals surface area contributed by atoms with Gasteiger partial charge in [-0.05, 0) is 25.7 Å². The lowest BCUT2D eigenvalue weighted by atomic mass is 9.98. The Hall–Kier alpha value is -1.27. The first-order valence-electron chi connectivity index (χ1n) is 16.3. The fourth-order valence-corrected chi connectivity index (χ4v) is 4.96. The third-order valence-corrected chi connectivity index (χ3v) is 7.81. The molecule has 2 aliphatic heterocycles. The maximum Gasteiger partial charge on any atom is 0.305 e. The van der Waals surface area contributed by atoms with Crippen LogP contribution in [0.4, 0.5) is 0 Å². The van der Waals surface area contributed by atoms with Crippen LogP contribution in [-0.4, -0.2) is 142 Å². The smallest absolute Gasteiger partial charge is 0.305 e. The van der Waals surface area contributed by atoms with Crippen molar-refractivity contribution in [1.82, 2.24) is 0 Å². The Labute approximate surface area is 265 Å². The molecule has 2 aliphatic rings. The van der Waals surface area contributed by atoms with E-state index in [1.807, 2.05) is 0 Å². The molecule has 11 atom stereocenters. The van der Waals surface area contributed by atoms with E-state index < -0.39 is 86.7 Å². The summed E-state index contributed by atoms with van der Waals surface area (Å²) in [6.45, 7) is 2.97. The van der Waals surface area contributed by atoms with Crippen LogP contribution in [0.1, 0.15) is 78.1 Å². The molecule has 11 unspecified atom stereocenters. The first-order chi connectivity index (χ1) is 21.6. The van der Waals surface area contributed by atoms with Crippen LogP contribution in [0.25, 0.3) is 0 Å². The van der Waals surface area contributed by atoms with Crippen LogP contribution in [0.15, 0.2) is 12.2 Å². The van der Waals surface area contributed by atoms with Gasteiger partial charge in [0.2, 0.25) is 0 Å². The summed E-state index contributed by atoms with van der Waals surface area (Å²) in [5.41, 5.74) is 0. The zero-order chi connectivity index (χ0) is 33.2. The number of allylic oxidation sites excluding steroid dienone is 2. The highest BCUT2D eigenvalue weighted by atomic mass is 16.7. The average molecular weight is 653 g/mol. The SMILES string of the molecule is CCC/C=C\CCCCCCCCOCC(COC1OC(COC2OC(CO)C(O)C(O)C2O)C(O)C(O)C1O)OC(=O)CC. The molecule has 0 radical (unpaired) electrons. The number of unbranched alkanes of at least 4 members (excludes halogenated alkanes) is 7. The summed E-state index contributed by atoms with van der Waals surface area (Å²) in [6.07, 6.45) is -1.47. The standard InChI is InChI=1S/C31H56O14/c1-3-5-6-7-8-9-10-11-12-13-14-15-40-17-20(43-23(33)4-2)18-41-30-29(39)27(37)25(35)22(45-30)19-42-31-28(38)26(36)24(34)21(16-32)44-31/h6-7,20-22,24-32,34-39H,3-5,8-19H2,1-2H3/b7-6-. The van der Waals surface area contributed by atoms with Crippen molar-refractivity contribution in [2.24, 2.45) is 0 Å². The van der Waals surface area contributed by atoms with E-state index in [2.05, 4.69) is 19.1 Å². The van der Waals surface area contributed by atoms with E-state index in [4.69, 9.17) is 28.4 Å². The van der Waals surface area contributed by atoms with Crippen LogP contribution in [-0.2, 0) is 33.2 Å². The Balaban J connectivity index is 1.78. The Bertz CT molecular complexity index is 813. The molecule has 0 spiro atoms. The molecule has 14 nitrogen and oxygen atoms in total. The van der Waals surface area contributed by atoms with Crippen LogP contribution in [0.5, 0.6) is 0 Å². The van der Waals surface area contributed by atoms with Crippen LogP contribution in [0.3, 0.4) is 0 Å². The van der Waals surface area contributed by atoms with Gasteiger partial charge >= 0.3 is 5.97 Å². The highest BCUT2D eigenvalue weighted by Crippen LogP contribution is 2.26. The molecule has 2 saturated heterocycles. The number of carbonyl (C=O) groups excluding carboxylic acids is 1. The van der Waals surface area contributed by atoms with Crippen molar-refractivity contribution in [1.29, 1.82) is 0 Å². The molecule has 0 aromatic heterocycles. The third kappa shape index (κ3) is 13.8. The number of ether oxygens (including phenoxy) is 6. The van der Waals surface area contributed by atoms with E-state index in [0.717, 1.165) is 32.1 Å². The van der Waals surface area contributed by atoms with E-state index in [1.165, 1.54) is 25.7 Å². The van der Waals surface area contributed by atoms with Gasteiger partial charge in [-0.2, -0.15) is 0 Å². The van der Waals surface area contributed by atoms with Gasteiger partial charge in [0.25, 0.3) is 0 Å². The maximum atomic E-state index is 12.0. The van der Waals surface area contributed by atoms with Crippen LogP contribution >= 0.6 is 0 Å². The first-order valence-corrected chi connectivity index (χ1v) is 16.3. The van der Waals surface area contributed by atoms with Gasteiger partial charge in [-0.25, -0.2) is 0 Å². The number of esters is 1. The van der Waals surface area contributed by atoms with Gasteiger partial charge in [0.05, 0.1) is 26.4 Å². The van der Waals surface area contributed by atoms with Crippen molar-refractivity contribution < 1.29 is 69.0 Å². The van der Waals surface area contributed by atoms with Crippen LogP contribution < -0.4 is 0 Å². The number of hydrogen-bond acceptors (Lipinski definition) is 14. The van der Waals surface area contributed by atoms with Gasteiger partial charge in [-0.15, -0.1) is 0 Å². The Morgan fingerprint density at radius 1 is 0.711 bits per heavy atom. The molecule has 0 amide bonds. The molecule has 264 valence electrons. The van der Waals surface area contributed by atoms with Crippen molar-refractivity contribution in [2.45, 2.75) is 146 Å². The Morgan fingerprint density at radius 3 is 1.93 bits per heavy atom. The van der Waals surface area contributed by atoms with Crippen molar-refractivity contribution >= 4 is 5.97 Å².